The highest BCUT2D eigenvalue weighted by Crippen LogP contribution is 2.37. The number of methoxy groups -OCH3 is 1. The van der Waals surface area contributed by atoms with Gasteiger partial charge in [-0.15, -0.1) is 0 Å². The van der Waals surface area contributed by atoms with Crippen molar-refractivity contribution in [1.29, 1.82) is 0 Å². The Labute approximate surface area is 222 Å². The molecule has 0 atom stereocenters. The first-order valence-corrected chi connectivity index (χ1v) is 13.1. The highest BCUT2D eigenvalue weighted by molar-refractivity contribution is 5.96. The molecule has 1 fully saturated rings. The van der Waals surface area contributed by atoms with Crippen molar-refractivity contribution >= 4 is 22.6 Å². The van der Waals surface area contributed by atoms with E-state index >= 15 is 0 Å². The summed E-state index contributed by atoms with van der Waals surface area (Å²) in [5, 5.41) is 4.59. The molecule has 3 aromatic carbocycles. The number of nitrogens with two attached hydrogens (primary N) is 1. The van der Waals surface area contributed by atoms with Crippen LogP contribution in [0, 0.1) is 5.92 Å². The lowest BCUT2D eigenvalue weighted by atomic mass is 9.99. The summed E-state index contributed by atoms with van der Waals surface area (Å²) >= 11 is 0. The molecule has 0 radical (unpaired) electrons. The van der Waals surface area contributed by atoms with Gasteiger partial charge >= 0.3 is 5.97 Å². The van der Waals surface area contributed by atoms with Crippen LogP contribution in [0.2, 0.25) is 0 Å². The van der Waals surface area contributed by atoms with E-state index in [2.05, 4.69) is 29.6 Å². The van der Waals surface area contributed by atoms with Crippen LogP contribution in [-0.4, -0.2) is 26.2 Å². The van der Waals surface area contributed by atoms with Gasteiger partial charge in [0.15, 0.2) is 5.58 Å². The van der Waals surface area contributed by atoms with Gasteiger partial charge in [-0.2, -0.15) is 0 Å². The van der Waals surface area contributed by atoms with E-state index in [0.29, 0.717) is 24.7 Å². The summed E-state index contributed by atoms with van der Waals surface area (Å²) in [6, 6.07) is 18.0. The van der Waals surface area contributed by atoms with Crippen LogP contribution in [0.4, 0.5) is 5.69 Å². The lowest BCUT2D eigenvalue weighted by Gasteiger charge is -2.13. The number of nitrogens with one attached hydrogen (secondary N) is 1. The minimum absolute atomic E-state index is 0.121. The molecule has 0 aliphatic heterocycles. The highest BCUT2D eigenvalue weighted by Gasteiger charge is 2.22. The molecule has 0 bridgehead atoms. The van der Waals surface area contributed by atoms with Crippen molar-refractivity contribution < 1.29 is 23.4 Å². The van der Waals surface area contributed by atoms with E-state index < -0.39 is 0 Å². The third kappa shape index (κ3) is 5.94. The van der Waals surface area contributed by atoms with Gasteiger partial charge in [0.2, 0.25) is 0 Å². The lowest BCUT2D eigenvalue weighted by Crippen LogP contribution is -2.09. The van der Waals surface area contributed by atoms with Crippen molar-refractivity contribution in [2.24, 2.45) is 11.7 Å². The highest BCUT2D eigenvalue weighted by atomic mass is 16.5. The first kappa shape index (κ1) is 25.7. The number of furan rings is 1. The molecular weight excluding hydrogens is 480 g/mol. The summed E-state index contributed by atoms with van der Waals surface area (Å²) in [6.45, 7) is 3.81. The zero-order valence-electron chi connectivity index (χ0n) is 21.9. The quantitative estimate of drug-likeness (QED) is 0.221. The monoisotopic (exact) mass is 514 g/mol. The molecule has 1 aliphatic carbocycles. The molecule has 7 nitrogen and oxygen atoms in total. The van der Waals surface area contributed by atoms with E-state index in [1.165, 1.54) is 12.8 Å². The number of fused-ring (bicyclic) bond motifs is 1. The Kier molecular flexibility index (Phi) is 7.84. The molecule has 0 amide bonds. The van der Waals surface area contributed by atoms with Crippen LogP contribution < -0.4 is 20.5 Å². The van der Waals surface area contributed by atoms with Gasteiger partial charge in [-0.1, -0.05) is 24.3 Å². The van der Waals surface area contributed by atoms with E-state index in [9.17, 15) is 4.79 Å². The Morgan fingerprint density at radius 1 is 1.08 bits per heavy atom. The first-order valence-electron chi connectivity index (χ1n) is 13.1. The number of benzene rings is 3. The SMILES string of the molecule is CCOC(=O)Cc1ccc(OC)cc1OCc1coc2c(NCC3CC3)cc(-c3cccc(CN)c3)cc12. The zero-order chi connectivity index (χ0) is 26.5. The van der Waals surface area contributed by atoms with Crippen LogP contribution >= 0.6 is 0 Å². The number of rotatable bonds is 12. The van der Waals surface area contributed by atoms with Crippen LogP contribution in [0.1, 0.15) is 36.5 Å². The molecule has 5 rings (SSSR count). The first-order chi connectivity index (χ1) is 18.6. The molecule has 0 spiro atoms. The van der Waals surface area contributed by atoms with Crippen LogP contribution in [0.5, 0.6) is 11.5 Å². The second-order valence-corrected chi connectivity index (χ2v) is 9.63. The van der Waals surface area contributed by atoms with Gasteiger partial charge in [0.1, 0.15) is 18.1 Å². The van der Waals surface area contributed by atoms with Gasteiger partial charge in [0.25, 0.3) is 0 Å². The van der Waals surface area contributed by atoms with Gasteiger partial charge in [-0.25, -0.2) is 0 Å². The summed E-state index contributed by atoms with van der Waals surface area (Å²) in [7, 11) is 1.60. The molecular formula is C31H34N2O5. The van der Waals surface area contributed by atoms with Gasteiger partial charge in [0.05, 0.1) is 32.1 Å². The second-order valence-electron chi connectivity index (χ2n) is 9.63. The molecule has 4 aromatic rings. The molecule has 1 heterocycles. The van der Waals surface area contributed by atoms with Crippen LogP contribution in [0.3, 0.4) is 0 Å². The summed E-state index contributed by atoms with van der Waals surface area (Å²) < 4.78 is 22.9. The van der Waals surface area contributed by atoms with Crippen LogP contribution in [0.25, 0.3) is 22.1 Å². The van der Waals surface area contributed by atoms with Crippen molar-refractivity contribution in [2.75, 3.05) is 25.6 Å². The standard InChI is InChI=1S/C31H34N2O5/c1-3-36-30(34)14-23-9-10-26(35-2)15-29(23)37-18-25-19-38-31-27(25)12-24(13-28(31)33-17-20-7-8-20)22-6-4-5-21(11-22)16-32/h4-6,9-13,15,19-20,33H,3,7-8,14,16-18,32H2,1-2H3. The van der Waals surface area contributed by atoms with E-state index in [0.717, 1.165) is 56.9 Å². The topological polar surface area (TPSA) is 96.0 Å². The Morgan fingerprint density at radius 2 is 1.95 bits per heavy atom. The molecule has 1 aromatic heterocycles. The van der Waals surface area contributed by atoms with E-state index in [4.69, 9.17) is 24.4 Å². The fourth-order valence-corrected chi connectivity index (χ4v) is 4.52. The van der Waals surface area contributed by atoms with Gasteiger partial charge in [0, 0.05) is 35.7 Å². The predicted molar refractivity (Wildman–Crippen MR) is 148 cm³/mol. The van der Waals surface area contributed by atoms with E-state index in [-0.39, 0.29) is 19.0 Å². The molecule has 7 heteroatoms. The fourth-order valence-electron chi connectivity index (χ4n) is 4.52. The molecule has 0 unspecified atom stereocenters. The maximum atomic E-state index is 12.2. The van der Waals surface area contributed by atoms with Gasteiger partial charge < -0.3 is 29.7 Å². The number of hydrogen-bond donors (Lipinski definition) is 2. The summed E-state index contributed by atoms with van der Waals surface area (Å²) in [5.41, 5.74) is 12.6. The lowest BCUT2D eigenvalue weighted by molar-refractivity contribution is -0.142. The fraction of sp³-hybridized carbons (Fsp3) is 0.323. The maximum Gasteiger partial charge on any atom is 0.310 e. The van der Waals surface area contributed by atoms with E-state index in [1.54, 1.807) is 26.4 Å². The molecule has 1 saturated carbocycles. The number of anilines is 1. The number of esters is 1. The number of carbonyl (C=O) groups excluding carboxylic acids is 1. The minimum Gasteiger partial charge on any atom is -0.497 e. The third-order valence-corrected chi connectivity index (χ3v) is 6.83. The number of hydrogen-bond acceptors (Lipinski definition) is 7. The molecule has 38 heavy (non-hydrogen) atoms. The zero-order valence-corrected chi connectivity index (χ0v) is 21.9. The molecule has 1 aliphatic rings. The Hall–Kier alpha value is -3.97. The minimum atomic E-state index is -0.299. The summed E-state index contributed by atoms with van der Waals surface area (Å²) in [5.74, 6) is 1.65. The van der Waals surface area contributed by atoms with Crippen LogP contribution in [-0.2, 0) is 29.1 Å². The van der Waals surface area contributed by atoms with Gasteiger partial charge in [-0.3, -0.25) is 4.79 Å². The Morgan fingerprint density at radius 3 is 2.71 bits per heavy atom. The van der Waals surface area contributed by atoms with Crippen molar-refractivity contribution in [1.82, 2.24) is 0 Å². The van der Waals surface area contributed by atoms with Crippen molar-refractivity contribution in [2.45, 2.75) is 39.3 Å². The summed E-state index contributed by atoms with van der Waals surface area (Å²) in [4.78, 5) is 12.2. The second kappa shape index (κ2) is 11.6. The molecule has 198 valence electrons. The Bertz CT molecular complexity index is 1420. The maximum absolute atomic E-state index is 12.2. The number of ether oxygens (including phenoxy) is 3. The summed E-state index contributed by atoms with van der Waals surface area (Å²) in [6.07, 6.45) is 4.40. The van der Waals surface area contributed by atoms with Crippen LogP contribution in [0.15, 0.2) is 65.3 Å². The van der Waals surface area contributed by atoms with Crippen molar-refractivity contribution in [3.63, 3.8) is 0 Å². The third-order valence-electron chi connectivity index (χ3n) is 6.83. The molecule has 3 N–H and O–H groups in total. The van der Waals surface area contributed by atoms with Crippen molar-refractivity contribution in [3.05, 3.63) is 77.6 Å². The number of carbonyl (C=O) groups is 1. The normalized spacial score (nSPS) is 12.9. The Balaban J connectivity index is 1.47. The average molecular weight is 515 g/mol. The van der Waals surface area contributed by atoms with Gasteiger partial charge in [-0.05, 0) is 66.6 Å². The molecule has 0 saturated heterocycles. The largest absolute Gasteiger partial charge is 0.497 e. The predicted octanol–water partition coefficient (Wildman–Crippen LogP) is 6.07. The van der Waals surface area contributed by atoms with E-state index in [1.807, 2.05) is 24.3 Å². The average Bonchev–Trinajstić information content (AvgIpc) is 3.69. The van der Waals surface area contributed by atoms with Crippen molar-refractivity contribution in [3.8, 4) is 22.6 Å². The smallest absolute Gasteiger partial charge is 0.310 e.